The summed E-state index contributed by atoms with van der Waals surface area (Å²) in [5, 5.41) is 6.86. The molecule has 0 bridgehead atoms. The molecule has 0 aliphatic rings. The predicted octanol–water partition coefficient (Wildman–Crippen LogP) is 1.96. The van der Waals surface area contributed by atoms with E-state index in [1.54, 1.807) is 12.4 Å². The van der Waals surface area contributed by atoms with Gasteiger partial charge >= 0.3 is 0 Å². The quantitative estimate of drug-likeness (QED) is 0.745. The number of nitrogens with zero attached hydrogens (tertiary/aromatic N) is 2. The number of hydrogen-bond acceptors (Lipinski definition) is 4. The van der Waals surface area contributed by atoms with Gasteiger partial charge in [-0.3, -0.25) is 9.97 Å². The summed E-state index contributed by atoms with van der Waals surface area (Å²) in [6, 6.07) is 6.13. The average molecular weight is 258 g/mol. The molecule has 19 heavy (non-hydrogen) atoms. The van der Waals surface area contributed by atoms with Crippen LogP contribution in [0.2, 0.25) is 0 Å². The fraction of sp³-hybridized carbons (Fsp3) is 0.467. The summed E-state index contributed by atoms with van der Waals surface area (Å²) in [6.07, 6.45) is 3.48. The summed E-state index contributed by atoms with van der Waals surface area (Å²) in [5.41, 5.74) is 3.15. The zero-order valence-corrected chi connectivity index (χ0v) is 11.7. The van der Waals surface area contributed by atoms with E-state index in [-0.39, 0.29) is 0 Å². The SMILES string of the molecule is CC(C)CNCCNCc1cccc2nccnc12. The lowest BCUT2D eigenvalue weighted by Gasteiger charge is -2.09. The third-order valence-corrected chi connectivity index (χ3v) is 2.93. The van der Waals surface area contributed by atoms with E-state index in [9.17, 15) is 0 Å². The summed E-state index contributed by atoms with van der Waals surface area (Å²) in [4.78, 5) is 8.72. The fourth-order valence-corrected chi connectivity index (χ4v) is 1.99. The Balaban J connectivity index is 1.82. The van der Waals surface area contributed by atoms with E-state index in [2.05, 4.69) is 40.5 Å². The third-order valence-electron chi connectivity index (χ3n) is 2.93. The van der Waals surface area contributed by atoms with Crippen LogP contribution in [-0.2, 0) is 6.54 Å². The third kappa shape index (κ3) is 4.26. The van der Waals surface area contributed by atoms with Crippen LogP contribution in [0.15, 0.2) is 30.6 Å². The Morgan fingerprint density at radius 3 is 2.68 bits per heavy atom. The van der Waals surface area contributed by atoms with Gasteiger partial charge in [0.25, 0.3) is 0 Å². The first-order chi connectivity index (χ1) is 9.27. The largest absolute Gasteiger partial charge is 0.315 e. The lowest BCUT2D eigenvalue weighted by atomic mass is 10.1. The highest BCUT2D eigenvalue weighted by molar-refractivity contribution is 5.77. The van der Waals surface area contributed by atoms with Gasteiger partial charge in [-0.05, 0) is 24.1 Å². The molecule has 2 N–H and O–H groups in total. The second-order valence-corrected chi connectivity index (χ2v) is 5.12. The number of para-hydroxylation sites is 1. The molecule has 2 aromatic rings. The Hall–Kier alpha value is -1.52. The molecule has 0 fully saturated rings. The minimum atomic E-state index is 0.702. The van der Waals surface area contributed by atoms with Gasteiger partial charge in [0.15, 0.2) is 0 Å². The summed E-state index contributed by atoms with van der Waals surface area (Å²) in [7, 11) is 0. The van der Waals surface area contributed by atoms with E-state index >= 15 is 0 Å². The molecule has 0 aliphatic carbocycles. The molecule has 0 amide bonds. The highest BCUT2D eigenvalue weighted by Crippen LogP contribution is 2.13. The maximum absolute atomic E-state index is 4.40. The van der Waals surface area contributed by atoms with Crippen LogP contribution < -0.4 is 10.6 Å². The second kappa shape index (κ2) is 7.16. The summed E-state index contributed by atoms with van der Waals surface area (Å²) >= 11 is 0. The van der Waals surface area contributed by atoms with E-state index in [0.29, 0.717) is 5.92 Å². The molecule has 1 aromatic carbocycles. The van der Waals surface area contributed by atoms with Crippen molar-refractivity contribution >= 4 is 11.0 Å². The summed E-state index contributed by atoms with van der Waals surface area (Å²) in [6.45, 7) is 8.29. The van der Waals surface area contributed by atoms with Gasteiger partial charge in [0.2, 0.25) is 0 Å². The van der Waals surface area contributed by atoms with Crippen molar-refractivity contribution < 1.29 is 0 Å². The monoisotopic (exact) mass is 258 g/mol. The Kier molecular flexibility index (Phi) is 5.24. The Labute approximate surface area is 114 Å². The van der Waals surface area contributed by atoms with Crippen LogP contribution in [0.5, 0.6) is 0 Å². The molecular formula is C15H22N4. The Morgan fingerprint density at radius 2 is 1.84 bits per heavy atom. The van der Waals surface area contributed by atoms with Gasteiger partial charge in [-0.2, -0.15) is 0 Å². The fourth-order valence-electron chi connectivity index (χ4n) is 1.99. The highest BCUT2D eigenvalue weighted by atomic mass is 14.9. The normalized spacial score (nSPS) is 11.3. The minimum absolute atomic E-state index is 0.702. The second-order valence-electron chi connectivity index (χ2n) is 5.12. The Morgan fingerprint density at radius 1 is 1.05 bits per heavy atom. The van der Waals surface area contributed by atoms with Crippen LogP contribution >= 0.6 is 0 Å². The van der Waals surface area contributed by atoms with Crippen molar-refractivity contribution in [1.29, 1.82) is 0 Å². The lowest BCUT2D eigenvalue weighted by molar-refractivity contribution is 0.535. The summed E-state index contributed by atoms with van der Waals surface area (Å²) < 4.78 is 0. The van der Waals surface area contributed by atoms with Gasteiger partial charge in [-0.1, -0.05) is 26.0 Å². The van der Waals surface area contributed by atoms with Crippen molar-refractivity contribution in [2.24, 2.45) is 5.92 Å². The molecule has 0 spiro atoms. The maximum atomic E-state index is 4.40. The van der Waals surface area contributed by atoms with E-state index in [1.165, 1.54) is 5.56 Å². The molecule has 0 radical (unpaired) electrons. The number of nitrogens with one attached hydrogen (secondary N) is 2. The highest BCUT2D eigenvalue weighted by Gasteiger charge is 2.01. The minimum Gasteiger partial charge on any atom is -0.315 e. The molecule has 2 rings (SSSR count). The van der Waals surface area contributed by atoms with E-state index < -0.39 is 0 Å². The lowest BCUT2D eigenvalue weighted by Crippen LogP contribution is -2.29. The van der Waals surface area contributed by atoms with Gasteiger partial charge < -0.3 is 10.6 Å². The number of aromatic nitrogens is 2. The first kappa shape index (κ1) is 13.9. The van der Waals surface area contributed by atoms with E-state index in [0.717, 1.165) is 37.2 Å². The van der Waals surface area contributed by atoms with Gasteiger partial charge in [-0.25, -0.2) is 0 Å². The van der Waals surface area contributed by atoms with Crippen LogP contribution in [0.3, 0.4) is 0 Å². The van der Waals surface area contributed by atoms with Crippen LogP contribution in [0.25, 0.3) is 11.0 Å². The molecule has 0 saturated heterocycles. The van der Waals surface area contributed by atoms with Crippen LogP contribution in [0.4, 0.5) is 0 Å². The zero-order valence-electron chi connectivity index (χ0n) is 11.7. The molecule has 4 nitrogen and oxygen atoms in total. The van der Waals surface area contributed by atoms with Crippen molar-refractivity contribution in [2.45, 2.75) is 20.4 Å². The molecule has 1 heterocycles. The van der Waals surface area contributed by atoms with Crippen molar-refractivity contribution in [3.63, 3.8) is 0 Å². The molecule has 0 unspecified atom stereocenters. The number of benzene rings is 1. The molecule has 1 aromatic heterocycles. The topological polar surface area (TPSA) is 49.8 Å². The molecular weight excluding hydrogens is 236 g/mol. The van der Waals surface area contributed by atoms with E-state index in [1.807, 2.05) is 12.1 Å². The smallest absolute Gasteiger partial charge is 0.0931 e. The first-order valence-corrected chi connectivity index (χ1v) is 6.87. The molecule has 4 heteroatoms. The number of hydrogen-bond donors (Lipinski definition) is 2. The van der Waals surface area contributed by atoms with Gasteiger partial charge in [0.1, 0.15) is 0 Å². The van der Waals surface area contributed by atoms with Crippen LogP contribution in [0, 0.1) is 5.92 Å². The van der Waals surface area contributed by atoms with Crippen molar-refractivity contribution in [3.05, 3.63) is 36.2 Å². The van der Waals surface area contributed by atoms with Gasteiger partial charge in [0.05, 0.1) is 11.0 Å². The molecule has 0 atom stereocenters. The van der Waals surface area contributed by atoms with Gasteiger partial charge in [0, 0.05) is 32.0 Å². The van der Waals surface area contributed by atoms with Crippen molar-refractivity contribution in [3.8, 4) is 0 Å². The van der Waals surface area contributed by atoms with Crippen molar-refractivity contribution in [2.75, 3.05) is 19.6 Å². The van der Waals surface area contributed by atoms with E-state index in [4.69, 9.17) is 0 Å². The zero-order chi connectivity index (χ0) is 13.5. The molecule has 0 aliphatic heterocycles. The maximum Gasteiger partial charge on any atom is 0.0931 e. The number of rotatable bonds is 7. The predicted molar refractivity (Wildman–Crippen MR) is 79.0 cm³/mol. The molecule has 0 saturated carbocycles. The summed E-state index contributed by atoms with van der Waals surface area (Å²) in [5.74, 6) is 0.702. The van der Waals surface area contributed by atoms with Crippen molar-refractivity contribution in [1.82, 2.24) is 20.6 Å². The standard InChI is InChI=1S/C15H22N4/c1-12(2)10-16-6-7-17-11-13-4-3-5-14-15(13)19-9-8-18-14/h3-5,8-9,12,16-17H,6-7,10-11H2,1-2H3. The molecule has 102 valence electrons. The average Bonchev–Trinajstić information content (AvgIpc) is 2.42. The van der Waals surface area contributed by atoms with Crippen LogP contribution in [0.1, 0.15) is 19.4 Å². The first-order valence-electron chi connectivity index (χ1n) is 6.87. The van der Waals surface area contributed by atoms with Gasteiger partial charge in [-0.15, -0.1) is 0 Å². The Bertz CT molecular complexity index is 505. The van der Waals surface area contributed by atoms with Crippen LogP contribution in [-0.4, -0.2) is 29.6 Å². The number of fused-ring (bicyclic) bond motifs is 1.